The molecule has 3 atom stereocenters. The largest absolute Gasteiger partial charge is 0.510 e. The number of nitrogens with zero attached hydrogens (tertiary/aromatic N) is 3. The molecule has 1 aromatic heterocycles. The van der Waals surface area contributed by atoms with Crippen molar-refractivity contribution in [3.63, 3.8) is 0 Å². The third-order valence-electron chi connectivity index (χ3n) is 6.81. The van der Waals surface area contributed by atoms with Gasteiger partial charge < -0.3 is 19.1 Å². The summed E-state index contributed by atoms with van der Waals surface area (Å²) in [6, 6.07) is 7.89. The van der Waals surface area contributed by atoms with Crippen molar-refractivity contribution >= 4 is 12.1 Å². The summed E-state index contributed by atoms with van der Waals surface area (Å²) >= 11 is 0. The topological polar surface area (TPSA) is 100.0 Å². The molecule has 0 aliphatic carbocycles. The normalized spacial score (nSPS) is 18.9. The fourth-order valence-electron chi connectivity index (χ4n) is 5.26. The number of hydrogen-bond donors (Lipinski definition) is 0. The van der Waals surface area contributed by atoms with E-state index in [4.69, 9.17) is 9.47 Å². The smallest absolute Gasteiger partial charge is 0.451 e. The summed E-state index contributed by atoms with van der Waals surface area (Å²) in [5, 5.41) is 4.25. The highest BCUT2D eigenvalue weighted by molar-refractivity contribution is 5.96. The Kier molecular flexibility index (Phi) is 6.79. The van der Waals surface area contributed by atoms with Crippen LogP contribution in [0.1, 0.15) is 46.4 Å². The molecular weight excluding hydrogens is 507 g/mol. The molecule has 0 bridgehead atoms. The Balaban J connectivity index is 1.70. The van der Waals surface area contributed by atoms with Crippen LogP contribution in [0.25, 0.3) is 0 Å². The molecule has 2 aromatic carbocycles. The minimum atomic E-state index is -1.09. The Morgan fingerprint density at radius 3 is 2.63 bits per heavy atom. The first kappa shape index (κ1) is 25.3. The van der Waals surface area contributed by atoms with Gasteiger partial charge in [-0.05, 0) is 48.2 Å². The molecule has 1 amide bonds. The van der Waals surface area contributed by atoms with E-state index in [1.165, 1.54) is 28.9 Å². The average Bonchev–Trinajstić information content (AvgIpc) is 3.39. The molecule has 9 nitrogen and oxygen atoms in total. The summed E-state index contributed by atoms with van der Waals surface area (Å²) in [7, 11) is 1.10. The van der Waals surface area contributed by atoms with Gasteiger partial charge in [-0.25, -0.2) is 18.0 Å². The van der Waals surface area contributed by atoms with Crippen molar-refractivity contribution < 1.29 is 37.0 Å². The maximum Gasteiger partial charge on any atom is 0.510 e. The fraction of sp³-hybridized carbons (Fsp3) is 0.308. The Bertz CT molecular complexity index is 1460. The van der Waals surface area contributed by atoms with Gasteiger partial charge in [0.2, 0.25) is 18.0 Å². The molecule has 2 aliphatic heterocycles. The van der Waals surface area contributed by atoms with E-state index < -0.39 is 65.5 Å². The molecule has 1 saturated heterocycles. The Morgan fingerprint density at radius 1 is 1.11 bits per heavy atom. The molecule has 38 heavy (non-hydrogen) atoms. The van der Waals surface area contributed by atoms with E-state index in [9.17, 15) is 27.6 Å². The van der Waals surface area contributed by atoms with Crippen LogP contribution in [0.15, 0.2) is 53.5 Å². The van der Waals surface area contributed by atoms with Gasteiger partial charge in [-0.1, -0.05) is 18.2 Å². The van der Waals surface area contributed by atoms with Crippen LogP contribution in [0.4, 0.5) is 18.0 Å². The number of fused-ring (bicyclic) bond motifs is 2. The number of amides is 1. The zero-order valence-electron chi connectivity index (χ0n) is 20.1. The van der Waals surface area contributed by atoms with E-state index in [2.05, 4.69) is 9.84 Å². The highest BCUT2D eigenvalue weighted by Gasteiger charge is 2.48. The molecule has 12 heteroatoms. The van der Waals surface area contributed by atoms with E-state index in [1.54, 1.807) is 11.0 Å². The lowest BCUT2D eigenvalue weighted by Crippen LogP contribution is -2.51. The monoisotopic (exact) mass is 529 g/mol. The van der Waals surface area contributed by atoms with Crippen LogP contribution in [0.3, 0.4) is 0 Å². The van der Waals surface area contributed by atoms with Gasteiger partial charge in [-0.15, -0.1) is 0 Å². The van der Waals surface area contributed by atoms with Crippen LogP contribution in [0.2, 0.25) is 0 Å². The number of benzene rings is 2. The average molecular weight is 529 g/mol. The van der Waals surface area contributed by atoms with Gasteiger partial charge in [0.25, 0.3) is 5.91 Å². The number of aromatic nitrogens is 2. The van der Waals surface area contributed by atoms with Crippen molar-refractivity contribution in [2.75, 3.05) is 20.4 Å². The highest BCUT2D eigenvalue weighted by Crippen LogP contribution is 2.46. The van der Waals surface area contributed by atoms with E-state index in [1.807, 2.05) is 0 Å². The molecule has 0 spiro atoms. The zero-order valence-corrected chi connectivity index (χ0v) is 20.1. The number of hydrogen-bond acceptors (Lipinski definition) is 7. The minimum Gasteiger partial charge on any atom is -0.451 e. The van der Waals surface area contributed by atoms with Crippen LogP contribution in [0.5, 0.6) is 5.75 Å². The van der Waals surface area contributed by atoms with Crippen molar-refractivity contribution in [1.82, 2.24) is 14.7 Å². The van der Waals surface area contributed by atoms with Crippen LogP contribution in [-0.2, 0) is 9.47 Å². The first-order valence-electron chi connectivity index (χ1n) is 11.8. The molecule has 3 heterocycles. The molecule has 3 aromatic rings. The standard InChI is InChI=1S/C26H22F3N3O6/c1-36-26(35)38-13-37-24-20(33)12-30-32-22(19-6-3-9-31(19)25(34)23(24)32)21(14-4-2-5-16(27)10-14)15-7-8-17(28)18(29)11-15/h2,4-5,7-8,10-12,19,21-22H,3,6,9,13H2,1H3/t19-,21?,22-/m1/s1. The predicted molar refractivity (Wildman–Crippen MR) is 125 cm³/mol. The molecule has 1 unspecified atom stereocenters. The molecule has 0 N–H and O–H groups in total. The van der Waals surface area contributed by atoms with Gasteiger partial charge in [0.1, 0.15) is 5.82 Å². The van der Waals surface area contributed by atoms with E-state index in [-0.39, 0.29) is 5.69 Å². The molecule has 198 valence electrons. The summed E-state index contributed by atoms with van der Waals surface area (Å²) in [5.74, 6) is -4.39. The number of carbonyl (C=O) groups is 2. The summed E-state index contributed by atoms with van der Waals surface area (Å²) in [6.45, 7) is -0.342. The van der Waals surface area contributed by atoms with Crippen LogP contribution in [0, 0.1) is 17.5 Å². The van der Waals surface area contributed by atoms with E-state index in [0.717, 1.165) is 25.4 Å². The van der Waals surface area contributed by atoms with Crippen molar-refractivity contribution in [2.24, 2.45) is 0 Å². The van der Waals surface area contributed by atoms with Gasteiger partial charge in [-0.3, -0.25) is 14.3 Å². The summed E-state index contributed by atoms with van der Waals surface area (Å²) < 4.78 is 58.5. The molecule has 2 aliphatic rings. The Hall–Kier alpha value is -4.35. The van der Waals surface area contributed by atoms with Gasteiger partial charge in [0, 0.05) is 12.5 Å². The van der Waals surface area contributed by atoms with Crippen molar-refractivity contribution in [3.8, 4) is 5.75 Å². The number of halogens is 3. The van der Waals surface area contributed by atoms with Crippen molar-refractivity contribution in [3.05, 3.63) is 93.2 Å². The molecule has 0 radical (unpaired) electrons. The highest BCUT2D eigenvalue weighted by atomic mass is 19.2. The van der Waals surface area contributed by atoms with E-state index >= 15 is 0 Å². The maximum absolute atomic E-state index is 14.4. The number of ether oxygens (including phenoxy) is 3. The second kappa shape index (κ2) is 10.2. The molecule has 5 rings (SSSR count). The molecular formula is C26H22F3N3O6. The van der Waals surface area contributed by atoms with Gasteiger partial charge in [0.15, 0.2) is 17.3 Å². The van der Waals surface area contributed by atoms with Crippen molar-refractivity contribution in [1.29, 1.82) is 0 Å². The van der Waals surface area contributed by atoms with Gasteiger partial charge in [0.05, 0.1) is 25.4 Å². The SMILES string of the molecule is COC(=O)OCOc1c2n(ncc1=O)[C@@H](C(c1cccc(F)c1)c1ccc(F)c(F)c1)[C@H]1CCCN1C2=O. The minimum absolute atomic E-state index is 0.196. The number of carbonyl (C=O) groups excluding carboxylic acids is 2. The Morgan fingerprint density at radius 2 is 1.89 bits per heavy atom. The summed E-state index contributed by atoms with van der Waals surface area (Å²) in [4.78, 5) is 39.2. The van der Waals surface area contributed by atoms with Crippen LogP contribution in [-0.4, -0.2) is 53.2 Å². The van der Waals surface area contributed by atoms with Gasteiger partial charge >= 0.3 is 6.16 Å². The van der Waals surface area contributed by atoms with Crippen molar-refractivity contribution in [2.45, 2.75) is 30.8 Å². The molecule has 1 fully saturated rings. The summed E-state index contributed by atoms with van der Waals surface area (Å²) in [6.07, 6.45) is 1.10. The second-order valence-electron chi connectivity index (χ2n) is 8.90. The first-order chi connectivity index (χ1) is 18.3. The lowest BCUT2D eigenvalue weighted by atomic mass is 9.80. The van der Waals surface area contributed by atoms with Crippen LogP contribution >= 0.6 is 0 Å². The van der Waals surface area contributed by atoms with Crippen LogP contribution < -0.4 is 10.2 Å². The Labute approximate surface area is 214 Å². The molecule has 0 saturated carbocycles. The predicted octanol–water partition coefficient (Wildman–Crippen LogP) is 3.77. The first-order valence-corrected chi connectivity index (χ1v) is 11.8. The maximum atomic E-state index is 14.4. The zero-order chi connectivity index (χ0) is 27.0. The van der Waals surface area contributed by atoms with Gasteiger partial charge in [-0.2, -0.15) is 5.10 Å². The third kappa shape index (κ3) is 4.46. The lowest BCUT2D eigenvalue weighted by molar-refractivity contribution is 0.0126. The number of rotatable bonds is 6. The third-order valence-corrected chi connectivity index (χ3v) is 6.81. The summed E-state index contributed by atoms with van der Waals surface area (Å²) in [5.41, 5.74) is -0.170. The number of methoxy groups -OCH3 is 1. The second-order valence-corrected chi connectivity index (χ2v) is 8.90. The quantitative estimate of drug-likeness (QED) is 0.354. The van der Waals surface area contributed by atoms with E-state index in [0.29, 0.717) is 30.5 Å². The fourth-order valence-corrected chi connectivity index (χ4v) is 5.26. The lowest BCUT2D eigenvalue weighted by Gasteiger charge is -2.42.